The molecule has 1 aromatic heterocycles. The summed E-state index contributed by atoms with van der Waals surface area (Å²) in [5.74, 6) is 0.982. The second-order valence-corrected chi connectivity index (χ2v) is 7.61. The second-order valence-electron chi connectivity index (χ2n) is 6.58. The monoisotopic (exact) mass is 372 g/mol. The molecule has 2 rings (SSSR count). The van der Waals surface area contributed by atoms with E-state index in [1.54, 1.807) is 30.3 Å². The van der Waals surface area contributed by atoms with Gasteiger partial charge in [0.2, 0.25) is 5.91 Å². The van der Waals surface area contributed by atoms with E-state index in [0.717, 1.165) is 6.54 Å². The number of hydrogen-bond acceptors (Lipinski definition) is 3. The smallest absolute Gasteiger partial charge is 0.243 e. The number of likely N-dealkylation sites (N-methyl/N-ethyl adjacent to an activating group) is 1. The van der Waals surface area contributed by atoms with Gasteiger partial charge in [-0.15, -0.1) is 11.3 Å². The van der Waals surface area contributed by atoms with Crippen molar-refractivity contribution >= 4 is 23.2 Å². The van der Waals surface area contributed by atoms with Gasteiger partial charge in [0.1, 0.15) is 6.54 Å². The van der Waals surface area contributed by atoms with E-state index in [0.29, 0.717) is 18.4 Å². The largest absolute Gasteiger partial charge is 0.356 e. The predicted octanol–water partition coefficient (Wildman–Crippen LogP) is 2.98. The molecule has 0 radical (unpaired) electrons. The molecule has 1 aromatic carbocycles. The molecule has 26 heavy (non-hydrogen) atoms. The number of nitrogens with one attached hydrogen (secondary N) is 2. The number of thiophene rings is 1. The van der Waals surface area contributed by atoms with Crippen LogP contribution in [0.1, 0.15) is 28.8 Å². The Bertz CT molecular complexity index is 708. The van der Waals surface area contributed by atoms with Crippen molar-refractivity contribution in [1.29, 1.82) is 0 Å². The quantitative estimate of drug-likeness (QED) is 0.580. The van der Waals surface area contributed by atoms with Gasteiger partial charge < -0.3 is 15.5 Å². The zero-order chi connectivity index (χ0) is 18.9. The van der Waals surface area contributed by atoms with Crippen LogP contribution in [0.4, 0.5) is 0 Å². The van der Waals surface area contributed by atoms with Gasteiger partial charge in [0, 0.05) is 25.5 Å². The molecule has 140 valence electrons. The van der Waals surface area contributed by atoms with Crippen LogP contribution in [0.5, 0.6) is 0 Å². The van der Waals surface area contributed by atoms with Gasteiger partial charge in [-0.25, -0.2) is 4.99 Å². The van der Waals surface area contributed by atoms with Crippen molar-refractivity contribution in [2.45, 2.75) is 26.3 Å². The second kappa shape index (κ2) is 9.97. The van der Waals surface area contributed by atoms with Crippen LogP contribution in [-0.2, 0) is 11.3 Å². The van der Waals surface area contributed by atoms with Crippen LogP contribution in [0.15, 0.2) is 46.8 Å². The highest BCUT2D eigenvalue weighted by Gasteiger charge is 2.09. The number of aliphatic imine (C=N–C) groups is 1. The maximum absolute atomic E-state index is 11.8. The van der Waals surface area contributed by atoms with Crippen molar-refractivity contribution in [3.63, 3.8) is 0 Å². The fourth-order valence-corrected chi connectivity index (χ4v) is 2.95. The van der Waals surface area contributed by atoms with Crippen LogP contribution in [0.25, 0.3) is 0 Å². The van der Waals surface area contributed by atoms with Gasteiger partial charge in [0.15, 0.2) is 5.96 Å². The number of guanidine groups is 1. The zero-order valence-electron chi connectivity index (χ0n) is 16.0. The van der Waals surface area contributed by atoms with Crippen molar-refractivity contribution in [2.75, 3.05) is 27.2 Å². The molecule has 0 spiro atoms. The summed E-state index contributed by atoms with van der Waals surface area (Å²) in [5, 5.41) is 8.72. The molecule has 0 aliphatic carbocycles. The number of hydrogen-bond donors (Lipinski definition) is 2. The summed E-state index contributed by atoms with van der Waals surface area (Å²) >= 11 is 1.70. The van der Waals surface area contributed by atoms with E-state index in [1.807, 2.05) is 6.07 Å². The predicted molar refractivity (Wildman–Crippen MR) is 110 cm³/mol. The van der Waals surface area contributed by atoms with E-state index in [2.05, 4.69) is 65.2 Å². The third-order valence-corrected chi connectivity index (χ3v) is 4.98. The maximum Gasteiger partial charge on any atom is 0.243 e. The molecule has 0 aliphatic heterocycles. The number of carbonyl (C=O) groups is 1. The van der Waals surface area contributed by atoms with Crippen LogP contribution >= 0.6 is 11.3 Å². The van der Waals surface area contributed by atoms with Crippen LogP contribution in [-0.4, -0.2) is 44.0 Å². The average molecular weight is 373 g/mol. The first-order chi connectivity index (χ1) is 12.5. The molecular formula is C20H28N4OS. The zero-order valence-corrected chi connectivity index (χ0v) is 16.8. The lowest BCUT2D eigenvalue weighted by molar-refractivity contribution is -0.127. The van der Waals surface area contributed by atoms with Crippen LogP contribution in [0, 0.1) is 6.92 Å². The fourth-order valence-electron chi connectivity index (χ4n) is 2.31. The molecule has 2 aromatic rings. The summed E-state index contributed by atoms with van der Waals surface area (Å²) < 4.78 is 0. The van der Waals surface area contributed by atoms with Crippen LogP contribution in [0.2, 0.25) is 0 Å². The van der Waals surface area contributed by atoms with E-state index in [4.69, 9.17) is 0 Å². The summed E-state index contributed by atoms with van der Waals surface area (Å²) in [6, 6.07) is 12.7. The SMILES string of the molecule is Cc1ccc(C(C)CNC(=NCC(=O)N(C)C)NCc2cccs2)cc1. The highest BCUT2D eigenvalue weighted by molar-refractivity contribution is 7.09. The Morgan fingerprint density at radius 3 is 2.54 bits per heavy atom. The molecule has 2 N–H and O–H groups in total. The summed E-state index contributed by atoms with van der Waals surface area (Å²) in [7, 11) is 3.48. The normalized spacial score (nSPS) is 12.5. The van der Waals surface area contributed by atoms with Crippen molar-refractivity contribution in [2.24, 2.45) is 4.99 Å². The average Bonchev–Trinajstić information content (AvgIpc) is 3.14. The van der Waals surface area contributed by atoms with Gasteiger partial charge in [-0.2, -0.15) is 0 Å². The number of benzene rings is 1. The topological polar surface area (TPSA) is 56.7 Å². The molecule has 1 heterocycles. The van der Waals surface area contributed by atoms with Gasteiger partial charge in [0.05, 0.1) is 6.54 Å². The Hall–Kier alpha value is -2.34. The minimum absolute atomic E-state index is 0.0196. The molecule has 6 heteroatoms. The van der Waals surface area contributed by atoms with Crippen molar-refractivity contribution in [3.05, 3.63) is 57.8 Å². The Kier molecular flexibility index (Phi) is 7.66. The molecule has 1 atom stereocenters. The Morgan fingerprint density at radius 2 is 1.92 bits per heavy atom. The maximum atomic E-state index is 11.8. The van der Waals surface area contributed by atoms with Gasteiger partial charge in [0.25, 0.3) is 0 Å². The third-order valence-electron chi connectivity index (χ3n) is 4.10. The molecular weight excluding hydrogens is 344 g/mol. The highest BCUT2D eigenvalue weighted by Crippen LogP contribution is 2.14. The standard InChI is InChI=1S/C20H28N4OS/c1-15-7-9-17(10-8-15)16(2)12-21-20(23-14-19(25)24(3)4)22-13-18-6-5-11-26-18/h5-11,16H,12-14H2,1-4H3,(H2,21,22,23). The minimum atomic E-state index is -0.0196. The van der Waals surface area contributed by atoms with Gasteiger partial charge >= 0.3 is 0 Å². The summed E-state index contributed by atoms with van der Waals surface area (Å²) in [4.78, 5) is 19.0. The van der Waals surface area contributed by atoms with Gasteiger partial charge in [-0.1, -0.05) is 42.8 Å². The van der Waals surface area contributed by atoms with E-state index >= 15 is 0 Å². The lowest BCUT2D eigenvalue weighted by atomic mass is 10.0. The molecule has 0 aliphatic rings. The Morgan fingerprint density at radius 1 is 1.19 bits per heavy atom. The number of rotatable bonds is 7. The van der Waals surface area contributed by atoms with E-state index in [-0.39, 0.29) is 12.5 Å². The van der Waals surface area contributed by atoms with Crippen LogP contribution in [0.3, 0.4) is 0 Å². The molecule has 0 saturated carbocycles. The molecule has 5 nitrogen and oxygen atoms in total. The summed E-state index contributed by atoms with van der Waals surface area (Å²) in [6.07, 6.45) is 0. The first kappa shape index (κ1) is 20.0. The fraction of sp³-hybridized carbons (Fsp3) is 0.400. The Balaban J connectivity index is 1.96. The summed E-state index contributed by atoms with van der Waals surface area (Å²) in [5.41, 5.74) is 2.54. The van der Waals surface area contributed by atoms with E-state index in [9.17, 15) is 4.79 Å². The number of nitrogens with zero attached hydrogens (tertiary/aromatic N) is 2. The van der Waals surface area contributed by atoms with Crippen molar-refractivity contribution in [3.8, 4) is 0 Å². The lowest BCUT2D eigenvalue weighted by Gasteiger charge is -2.17. The molecule has 0 fully saturated rings. The molecule has 1 amide bonds. The first-order valence-corrected chi connectivity index (χ1v) is 9.65. The third kappa shape index (κ3) is 6.52. The Labute approximate surface area is 160 Å². The van der Waals surface area contributed by atoms with Gasteiger partial charge in [-0.05, 0) is 29.9 Å². The van der Waals surface area contributed by atoms with Crippen LogP contribution < -0.4 is 10.6 Å². The molecule has 0 saturated heterocycles. The lowest BCUT2D eigenvalue weighted by Crippen LogP contribution is -2.39. The number of carbonyl (C=O) groups excluding carboxylic acids is 1. The molecule has 1 unspecified atom stereocenters. The summed E-state index contributed by atoms with van der Waals surface area (Å²) in [6.45, 7) is 5.84. The number of aryl methyl sites for hydroxylation is 1. The first-order valence-electron chi connectivity index (χ1n) is 8.77. The van der Waals surface area contributed by atoms with E-state index < -0.39 is 0 Å². The molecule has 0 bridgehead atoms. The minimum Gasteiger partial charge on any atom is -0.356 e. The van der Waals surface area contributed by atoms with Gasteiger partial charge in [-0.3, -0.25) is 4.79 Å². The highest BCUT2D eigenvalue weighted by atomic mass is 32.1. The van der Waals surface area contributed by atoms with Crippen molar-refractivity contribution < 1.29 is 4.79 Å². The van der Waals surface area contributed by atoms with Crippen molar-refractivity contribution in [1.82, 2.24) is 15.5 Å². The van der Waals surface area contributed by atoms with E-state index in [1.165, 1.54) is 16.0 Å². The number of amides is 1.